The summed E-state index contributed by atoms with van der Waals surface area (Å²) in [6, 6.07) is 0. The molecule has 0 saturated carbocycles. The van der Waals surface area contributed by atoms with Gasteiger partial charge in [-0.3, -0.25) is 9.59 Å². The standard InChI is InChI=1S/C14H20O3/c1-5-6-7-10-8-11(15)9-12(13(10)16)17-14(2,3)4/h8-9H,5-7H2,1-4H3. The van der Waals surface area contributed by atoms with E-state index in [0.29, 0.717) is 12.0 Å². The molecule has 94 valence electrons. The summed E-state index contributed by atoms with van der Waals surface area (Å²) in [5.74, 6) is -0.126. The highest BCUT2D eigenvalue weighted by Gasteiger charge is 2.26. The number of carbonyl (C=O) groups is 2. The number of ketones is 2. The Morgan fingerprint density at radius 2 is 1.82 bits per heavy atom. The highest BCUT2D eigenvalue weighted by atomic mass is 16.5. The summed E-state index contributed by atoms with van der Waals surface area (Å²) < 4.78 is 5.52. The monoisotopic (exact) mass is 236 g/mol. The van der Waals surface area contributed by atoms with E-state index in [1.165, 1.54) is 12.2 Å². The van der Waals surface area contributed by atoms with Crippen molar-refractivity contribution in [2.45, 2.75) is 52.6 Å². The summed E-state index contributed by atoms with van der Waals surface area (Å²) >= 11 is 0. The molecular formula is C14H20O3. The molecule has 0 bridgehead atoms. The Labute approximate surface area is 103 Å². The molecule has 0 amide bonds. The van der Waals surface area contributed by atoms with E-state index in [-0.39, 0.29) is 17.3 Å². The molecule has 0 saturated heterocycles. The van der Waals surface area contributed by atoms with E-state index in [9.17, 15) is 9.59 Å². The summed E-state index contributed by atoms with van der Waals surface area (Å²) in [6.07, 6.45) is 5.26. The van der Waals surface area contributed by atoms with E-state index in [2.05, 4.69) is 6.92 Å². The lowest BCUT2D eigenvalue weighted by Crippen LogP contribution is -2.25. The first-order valence-electron chi connectivity index (χ1n) is 6.03. The van der Waals surface area contributed by atoms with Crippen LogP contribution in [0.15, 0.2) is 23.5 Å². The lowest BCUT2D eigenvalue weighted by molar-refractivity contribution is -0.120. The molecule has 0 spiro atoms. The second-order valence-corrected chi connectivity index (χ2v) is 5.23. The van der Waals surface area contributed by atoms with E-state index in [4.69, 9.17) is 4.74 Å². The van der Waals surface area contributed by atoms with Gasteiger partial charge in [-0.2, -0.15) is 0 Å². The second kappa shape index (κ2) is 5.30. The fourth-order valence-electron chi connectivity index (χ4n) is 1.59. The quantitative estimate of drug-likeness (QED) is 0.705. The number of hydrogen-bond donors (Lipinski definition) is 0. The van der Waals surface area contributed by atoms with E-state index < -0.39 is 5.60 Å². The van der Waals surface area contributed by atoms with Crippen molar-refractivity contribution in [3.05, 3.63) is 23.5 Å². The Morgan fingerprint density at radius 1 is 1.18 bits per heavy atom. The largest absolute Gasteiger partial charge is 0.484 e. The van der Waals surface area contributed by atoms with Crippen molar-refractivity contribution in [1.29, 1.82) is 0 Å². The Morgan fingerprint density at radius 3 is 2.35 bits per heavy atom. The molecule has 0 heterocycles. The molecule has 0 fully saturated rings. The van der Waals surface area contributed by atoms with Crippen molar-refractivity contribution in [3.63, 3.8) is 0 Å². The Kier molecular flexibility index (Phi) is 4.27. The van der Waals surface area contributed by atoms with E-state index in [1.54, 1.807) is 0 Å². The van der Waals surface area contributed by atoms with Gasteiger partial charge in [-0.25, -0.2) is 0 Å². The summed E-state index contributed by atoms with van der Waals surface area (Å²) in [5.41, 5.74) is 0.105. The molecule has 3 nitrogen and oxygen atoms in total. The predicted molar refractivity (Wildman–Crippen MR) is 66.5 cm³/mol. The lowest BCUT2D eigenvalue weighted by Gasteiger charge is -2.24. The first-order chi connectivity index (χ1) is 7.83. The molecule has 0 radical (unpaired) electrons. The summed E-state index contributed by atoms with van der Waals surface area (Å²) in [7, 11) is 0. The molecule has 17 heavy (non-hydrogen) atoms. The molecule has 0 aliphatic heterocycles. The maximum absolute atomic E-state index is 12.0. The van der Waals surface area contributed by atoms with Gasteiger partial charge in [0.05, 0.1) is 0 Å². The van der Waals surface area contributed by atoms with Crippen LogP contribution in [0.1, 0.15) is 47.0 Å². The van der Waals surface area contributed by atoms with Crippen LogP contribution >= 0.6 is 0 Å². The second-order valence-electron chi connectivity index (χ2n) is 5.23. The van der Waals surface area contributed by atoms with Gasteiger partial charge < -0.3 is 4.74 Å². The first kappa shape index (κ1) is 13.7. The maximum atomic E-state index is 12.0. The summed E-state index contributed by atoms with van der Waals surface area (Å²) in [4.78, 5) is 23.5. The fourth-order valence-corrected chi connectivity index (χ4v) is 1.59. The van der Waals surface area contributed by atoms with Gasteiger partial charge in [-0.15, -0.1) is 0 Å². The first-order valence-corrected chi connectivity index (χ1v) is 6.03. The number of carbonyl (C=O) groups excluding carboxylic acids is 2. The SMILES string of the molecule is CCCCC1=CC(=O)C=C(OC(C)(C)C)C1=O. The van der Waals surface area contributed by atoms with Gasteiger partial charge in [0.25, 0.3) is 0 Å². The van der Waals surface area contributed by atoms with E-state index in [0.717, 1.165) is 12.8 Å². The van der Waals surface area contributed by atoms with Crippen molar-refractivity contribution < 1.29 is 14.3 Å². The molecule has 0 aromatic carbocycles. The number of Topliss-reactive ketones (excluding diaryl/α,β-unsaturated/α-hetero) is 1. The van der Waals surface area contributed by atoms with Gasteiger partial charge in [-0.05, 0) is 39.7 Å². The molecule has 0 unspecified atom stereocenters. The van der Waals surface area contributed by atoms with Gasteiger partial charge in [-0.1, -0.05) is 13.3 Å². The minimum atomic E-state index is -0.463. The molecule has 1 aliphatic rings. The lowest BCUT2D eigenvalue weighted by atomic mass is 9.97. The molecule has 0 atom stereocenters. The minimum absolute atomic E-state index is 0.145. The van der Waals surface area contributed by atoms with Gasteiger partial charge in [0.2, 0.25) is 5.78 Å². The van der Waals surface area contributed by atoms with Crippen molar-refractivity contribution in [2.24, 2.45) is 0 Å². The van der Waals surface area contributed by atoms with Gasteiger partial charge in [0.15, 0.2) is 11.5 Å². The zero-order valence-electron chi connectivity index (χ0n) is 11.0. The highest BCUT2D eigenvalue weighted by Crippen LogP contribution is 2.23. The van der Waals surface area contributed by atoms with Crippen LogP contribution in [0.25, 0.3) is 0 Å². The molecule has 1 rings (SSSR count). The third-order valence-electron chi connectivity index (χ3n) is 2.32. The van der Waals surface area contributed by atoms with E-state index >= 15 is 0 Å². The Hall–Kier alpha value is -1.38. The van der Waals surface area contributed by atoms with Gasteiger partial charge in [0, 0.05) is 11.6 Å². The van der Waals surface area contributed by atoms with Crippen molar-refractivity contribution in [2.75, 3.05) is 0 Å². The average Bonchev–Trinajstić information content (AvgIpc) is 2.18. The molecule has 0 aromatic rings. The molecule has 0 aromatic heterocycles. The average molecular weight is 236 g/mol. The number of allylic oxidation sites excluding steroid dienone is 3. The number of ether oxygens (including phenoxy) is 1. The fraction of sp³-hybridized carbons (Fsp3) is 0.571. The summed E-state index contributed by atoms with van der Waals surface area (Å²) in [5, 5.41) is 0. The highest BCUT2D eigenvalue weighted by molar-refractivity contribution is 6.19. The zero-order chi connectivity index (χ0) is 13.1. The van der Waals surface area contributed by atoms with Crippen LogP contribution in [0.3, 0.4) is 0 Å². The van der Waals surface area contributed by atoms with Crippen molar-refractivity contribution in [3.8, 4) is 0 Å². The van der Waals surface area contributed by atoms with Gasteiger partial charge >= 0.3 is 0 Å². The number of rotatable bonds is 4. The van der Waals surface area contributed by atoms with Crippen molar-refractivity contribution in [1.82, 2.24) is 0 Å². The number of hydrogen-bond acceptors (Lipinski definition) is 3. The molecule has 0 N–H and O–H groups in total. The van der Waals surface area contributed by atoms with Crippen LogP contribution in [0.2, 0.25) is 0 Å². The van der Waals surface area contributed by atoms with E-state index in [1.807, 2.05) is 20.8 Å². The van der Waals surface area contributed by atoms with Crippen LogP contribution in [-0.4, -0.2) is 17.2 Å². The topological polar surface area (TPSA) is 43.4 Å². The Bertz CT molecular complexity index is 381. The zero-order valence-corrected chi connectivity index (χ0v) is 11.0. The van der Waals surface area contributed by atoms with Crippen LogP contribution in [-0.2, 0) is 14.3 Å². The predicted octanol–water partition coefficient (Wildman–Crippen LogP) is 2.95. The van der Waals surface area contributed by atoms with Crippen LogP contribution in [0, 0.1) is 0 Å². The number of unbranched alkanes of at least 4 members (excludes halogenated alkanes) is 1. The van der Waals surface area contributed by atoms with Gasteiger partial charge in [0.1, 0.15) is 5.60 Å². The van der Waals surface area contributed by atoms with Crippen LogP contribution in [0.4, 0.5) is 0 Å². The minimum Gasteiger partial charge on any atom is -0.484 e. The Balaban J connectivity index is 2.82. The van der Waals surface area contributed by atoms with Crippen LogP contribution < -0.4 is 0 Å². The molecule has 1 aliphatic carbocycles. The third-order valence-corrected chi connectivity index (χ3v) is 2.32. The molecule has 3 heteroatoms. The summed E-state index contributed by atoms with van der Waals surface area (Å²) in [6.45, 7) is 7.62. The maximum Gasteiger partial charge on any atom is 0.223 e. The molecular weight excluding hydrogens is 216 g/mol. The smallest absolute Gasteiger partial charge is 0.223 e. The van der Waals surface area contributed by atoms with Crippen LogP contribution in [0.5, 0.6) is 0 Å². The van der Waals surface area contributed by atoms with Crippen molar-refractivity contribution >= 4 is 11.6 Å². The third kappa shape index (κ3) is 4.17. The normalized spacial score (nSPS) is 16.7.